The van der Waals surface area contributed by atoms with Crippen molar-refractivity contribution in [3.05, 3.63) is 40.4 Å². The van der Waals surface area contributed by atoms with Gasteiger partial charge < -0.3 is 11.5 Å². The largest absolute Gasteiger partial charge is 0.369 e. The third-order valence-electron chi connectivity index (χ3n) is 3.20. The molecule has 0 bridgehead atoms. The van der Waals surface area contributed by atoms with Gasteiger partial charge in [0.1, 0.15) is 0 Å². The summed E-state index contributed by atoms with van der Waals surface area (Å²) in [6.45, 7) is 5.50. The molecule has 0 aliphatic carbocycles. The first-order valence-corrected chi connectivity index (χ1v) is 7.72. The van der Waals surface area contributed by atoms with Crippen molar-refractivity contribution in [2.24, 2.45) is 21.7 Å². The van der Waals surface area contributed by atoms with Crippen molar-refractivity contribution >= 4 is 40.2 Å². The van der Waals surface area contributed by atoms with E-state index in [1.165, 1.54) is 24.5 Å². The van der Waals surface area contributed by atoms with Crippen LogP contribution in [-0.2, 0) is 4.79 Å². The third-order valence-corrected chi connectivity index (χ3v) is 4.04. The van der Waals surface area contributed by atoms with Gasteiger partial charge in [-0.15, -0.1) is 16.4 Å². The number of rotatable bonds is 4. The van der Waals surface area contributed by atoms with Crippen LogP contribution >= 0.6 is 11.3 Å². The van der Waals surface area contributed by atoms with Gasteiger partial charge in [0, 0.05) is 12.3 Å². The summed E-state index contributed by atoms with van der Waals surface area (Å²) in [5, 5.41) is 9.58. The average Bonchev–Trinajstić information content (AvgIpc) is 2.91. The first-order valence-electron chi connectivity index (χ1n) is 6.84. The Balaban J connectivity index is 2.38. The Kier molecular flexibility index (Phi) is 5.07. The van der Waals surface area contributed by atoms with Crippen LogP contribution in [0.25, 0.3) is 0 Å². The number of thiazole rings is 1. The Morgan fingerprint density at radius 1 is 1.35 bits per heavy atom. The maximum Gasteiger partial charge on any atom is 0.230 e. The molecule has 120 valence electrons. The van der Waals surface area contributed by atoms with Crippen LogP contribution in [0.2, 0.25) is 0 Å². The van der Waals surface area contributed by atoms with Gasteiger partial charge >= 0.3 is 0 Å². The molecule has 1 aromatic carbocycles. The van der Waals surface area contributed by atoms with Crippen LogP contribution in [0.3, 0.4) is 0 Å². The minimum Gasteiger partial charge on any atom is -0.369 e. The van der Waals surface area contributed by atoms with E-state index in [0.29, 0.717) is 10.8 Å². The number of aromatic nitrogens is 1. The number of carbonyl (C=O) groups is 1. The summed E-state index contributed by atoms with van der Waals surface area (Å²) in [4.78, 5) is 18.1. The Labute approximate surface area is 138 Å². The molecule has 0 unspecified atom stereocenters. The van der Waals surface area contributed by atoms with Crippen molar-refractivity contribution in [3.8, 4) is 0 Å². The van der Waals surface area contributed by atoms with Gasteiger partial charge in [0.05, 0.1) is 17.6 Å². The molecule has 0 aliphatic heterocycles. The zero-order valence-electron chi connectivity index (χ0n) is 13.1. The molecule has 0 fully saturated rings. The first-order chi connectivity index (χ1) is 10.9. The average molecular weight is 330 g/mol. The summed E-state index contributed by atoms with van der Waals surface area (Å²) in [5.41, 5.74) is 13.9. The molecule has 0 spiro atoms. The Bertz CT molecular complexity index is 776. The Morgan fingerprint density at radius 2 is 2.09 bits per heavy atom. The second-order valence-electron chi connectivity index (χ2n) is 4.90. The minimum absolute atomic E-state index is 0.110. The van der Waals surface area contributed by atoms with Crippen molar-refractivity contribution in [2.45, 2.75) is 20.8 Å². The number of anilines is 2. The fourth-order valence-corrected chi connectivity index (χ4v) is 2.81. The summed E-state index contributed by atoms with van der Waals surface area (Å²) in [5.74, 6) is -0.238. The van der Waals surface area contributed by atoms with Gasteiger partial charge in [-0.3, -0.25) is 9.69 Å². The van der Waals surface area contributed by atoms with Gasteiger partial charge in [-0.05, 0) is 31.0 Å². The molecular formula is C15H18N6OS. The zero-order chi connectivity index (χ0) is 17.0. The SMILES string of the molecule is CC(=O)N(c1nc(/C=N/N=C(N)N)cs1)c1cccc(C)c1C. The van der Waals surface area contributed by atoms with Crippen LogP contribution in [-0.4, -0.2) is 23.1 Å². The fraction of sp³-hybridized carbons (Fsp3) is 0.200. The highest BCUT2D eigenvalue weighted by Crippen LogP contribution is 2.32. The molecule has 1 aromatic heterocycles. The number of carbonyl (C=O) groups excluding carboxylic acids is 1. The Hall–Kier alpha value is -2.74. The second-order valence-corrected chi connectivity index (χ2v) is 5.73. The summed E-state index contributed by atoms with van der Waals surface area (Å²) in [6, 6.07) is 5.83. The molecule has 23 heavy (non-hydrogen) atoms. The van der Waals surface area contributed by atoms with Crippen molar-refractivity contribution in [3.63, 3.8) is 0 Å². The lowest BCUT2D eigenvalue weighted by atomic mass is 10.1. The number of hydrogen-bond donors (Lipinski definition) is 2. The van der Waals surface area contributed by atoms with E-state index in [9.17, 15) is 4.79 Å². The molecule has 2 rings (SSSR count). The quantitative estimate of drug-likeness (QED) is 0.508. The predicted molar refractivity (Wildman–Crippen MR) is 94.3 cm³/mol. The molecule has 0 aliphatic rings. The molecule has 0 atom stereocenters. The van der Waals surface area contributed by atoms with E-state index in [1.54, 1.807) is 10.3 Å². The van der Waals surface area contributed by atoms with Crippen LogP contribution in [0, 0.1) is 13.8 Å². The van der Waals surface area contributed by atoms with E-state index in [0.717, 1.165) is 16.8 Å². The number of aryl methyl sites for hydroxylation is 1. The van der Waals surface area contributed by atoms with Crippen molar-refractivity contribution in [1.29, 1.82) is 0 Å². The van der Waals surface area contributed by atoms with Gasteiger partial charge in [-0.1, -0.05) is 12.1 Å². The van der Waals surface area contributed by atoms with Gasteiger partial charge in [-0.25, -0.2) is 4.98 Å². The van der Waals surface area contributed by atoms with Crippen LogP contribution in [0.4, 0.5) is 10.8 Å². The van der Waals surface area contributed by atoms with Gasteiger partial charge in [0.2, 0.25) is 11.9 Å². The smallest absolute Gasteiger partial charge is 0.230 e. The molecule has 0 saturated carbocycles. The summed E-state index contributed by atoms with van der Waals surface area (Å²) in [7, 11) is 0. The standard InChI is InChI=1S/C15H18N6OS/c1-9-5-4-6-13(10(9)2)21(11(3)22)15-19-12(8-23-15)7-18-20-14(16)17/h4-8H,1-3H3,(H4,16,17,20)/b18-7+. The maximum absolute atomic E-state index is 12.1. The Morgan fingerprint density at radius 3 is 2.74 bits per heavy atom. The predicted octanol–water partition coefficient (Wildman–Crippen LogP) is 2.05. The molecule has 8 heteroatoms. The topological polar surface area (TPSA) is 110 Å². The van der Waals surface area contributed by atoms with E-state index < -0.39 is 0 Å². The number of benzene rings is 1. The monoisotopic (exact) mass is 330 g/mol. The normalized spacial score (nSPS) is 10.7. The number of guanidine groups is 1. The molecule has 1 amide bonds. The fourth-order valence-electron chi connectivity index (χ4n) is 1.98. The number of amides is 1. The van der Waals surface area contributed by atoms with Crippen molar-refractivity contribution in [2.75, 3.05) is 4.90 Å². The molecular weight excluding hydrogens is 312 g/mol. The molecule has 0 radical (unpaired) electrons. The highest BCUT2D eigenvalue weighted by Gasteiger charge is 2.19. The van der Waals surface area contributed by atoms with Crippen molar-refractivity contribution < 1.29 is 4.79 Å². The zero-order valence-corrected chi connectivity index (χ0v) is 14.0. The summed E-state index contributed by atoms with van der Waals surface area (Å²) < 4.78 is 0. The number of nitrogens with two attached hydrogens (primary N) is 2. The molecule has 2 aromatic rings. The van der Waals surface area contributed by atoms with Crippen LogP contribution in [0.1, 0.15) is 23.7 Å². The third kappa shape index (κ3) is 3.92. The van der Waals surface area contributed by atoms with E-state index in [2.05, 4.69) is 15.2 Å². The van der Waals surface area contributed by atoms with E-state index >= 15 is 0 Å². The van der Waals surface area contributed by atoms with Crippen LogP contribution in [0.15, 0.2) is 33.8 Å². The van der Waals surface area contributed by atoms with Gasteiger partial charge in [0.15, 0.2) is 5.13 Å². The second kappa shape index (κ2) is 7.01. The van der Waals surface area contributed by atoms with Gasteiger partial charge in [0.25, 0.3) is 0 Å². The van der Waals surface area contributed by atoms with E-state index in [4.69, 9.17) is 11.5 Å². The summed E-state index contributed by atoms with van der Waals surface area (Å²) >= 11 is 1.35. The van der Waals surface area contributed by atoms with E-state index in [1.807, 2.05) is 32.0 Å². The minimum atomic E-state index is -0.127. The maximum atomic E-state index is 12.1. The highest BCUT2D eigenvalue weighted by molar-refractivity contribution is 7.14. The molecule has 7 nitrogen and oxygen atoms in total. The first kappa shape index (κ1) is 16.6. The highest BCUT2D eigenvalue weighted by atomic mass is 32.1. The summed E-state index contributed by atoms with van der Waals surface area (Å²) in [6.07, 6.45) is 1.43. The molecule has 0 saturated heterocycles. The number of nitrogens with zero attached hydrogens (tertiary/aromatic N) is 4. The number of hydrogen-bond acceptors (Lipinski definition) is 5. The lowest BCUT2D eigenvalue weighted by molar-refractivity contribution is -0.115. The van der Waals surface area contributed by atoms with Crippen molar-refractivity contribution in [1.82, 2.24) is 4.98 Å². The lowest BCUT2D eigenvalue weighted by Crippen LogP contribution is -2.23. The van der Waals surface area contributed by atoms with Gasteiger partial charge in [-0.2, -0.15) is 5.10 Å². The van der Waals surface area contributed by atoms with E-state index in [-0.39, 0.29) is 11.9 Å². The molecule has 1 heterocycles. The van der Waals surface area contributed by atoms with Crippen LogP contribution < -0.4 is 16.4 Å². The lowest BCUT2D eigenvalue weighted by Gasteiger charge is -2.21. The molecule has 4 N–H and O–H groups in total. The van der Waals surface area contributed by atoms with Crippen LogP contribution in [0.5, 0.6) is 0 Å².